The van der Waals surface area contributed by atoms with Crippen LogP contribution in [-0.2, 0) is 23.7 Å². The highest BCUT2D eigenvalue weighted by Gasteiger charge is 2.51. The maximum atomic E-state index is 13.4. The fourth-order valence-electron chi connectivity index (χ4n) is 15.0. The number of aliphatic hydroxyl groups excluding tert-OH is 8. The van der Waals surface area contributed by atoms with Gasteiger partial charge in [0.25, 0.3) is 0 Å². The molecule has 0 saturated carbocycles. The van der Waals surface area contributed by atoms with Gasteiger partial charge in [-0.25, -0.2) is 0 Å². The first kappa shape index (κ1) is 93.1. The molecular weight excluding hydrogens is 1230 g/mol. The second kappa shape index (κ2) is 69.1. The molecule has 2 saturated heterocycles. The summed E-state index contributed by atoms with van der Waals surface area (Å²) in [7, 11) is 0. The Balaban J connectivity index is 1.57. The smallest absolute Gasteiger partial charge is 0.220 e. The third kappa shape index (κ3) is 51.2. The lowest BCUT2D eigenvalue weighted by Gasteiger charge is -2.46. The first-order valence-electron chi connectivity index (χ1n) is 43.3. The molecule has 0 aromatic carbocycles. The van der Waals surface area contributed by atoms with Crippen molar-refractivity contribution in [3.8, 4) is 0 Å². The lowest BCUT2D eigenvalue weighted by Crippen LogP contribution is -2.65. The molecule has 584 valence electrons. The van der Waals surface area contributed by atoms with Crippen molar-refractivity contribution in [3.05, 3.63) is 0 Å². The highest BCUT2D eigenvalue weighted by atomic mass is 16.7. The standard InChI is InChI=1S/C84H165NO13/c1-3-5-7-9-11-13-15-17-19-21-23-25-27-29-31-33-35-37-39-41-43-45-47-49-51-53-55-57-59-61-63-65-67-73(88)72(71-95-83-81(94)79(92)82(75(70-87)97-83)98-84-80(93)78(91)77(90)74(69-86)96-84)85-76(89)68-66-64-62-60-58-56-54-52-50-48-46-44-42-40-38-36-34-32-30-28-26-24-22-20-18-16-14-12-10-8-6-4-2/h72-75,77-84,86-88,90-94H,3-71H2,1-2H3,(H,85,89). The summed E-state index contributed by atoms with van der Waals surface area (Å²) in [6.07, 6.45) is 70.3. The summed E-state index contributed by atoms with van der Waals surface area (Å²) in [5, 5.41) is 88.0. The topological polar surface area (TPSA) is 228 Å². The lowest BCUT2D eigenvalue weighted by atomic mass is 9.97. The minimum atomic E-state index is -1.78. The molecule has 0 radical (unpaired) electrons. The fraction of sp³-hybridized carbons (Fsp3) is 0.988. The van der Waals surface area contributed by atoms with E-state index in [0.29, 0.717) is 12.8 Å². The maximum Gasteiger partial charge on any atom is 0.220 e. The van der Waals surface area contributed by atoms with Crippen LogP contribution in [-0.4, -0.2) is 140 Å². The van der Waals surface area contributed by atoms with Gasteiger partial charge in [0.1, 0.15) is 48.8 Å². The Bertz CT molecular complexity index is 1650. The predicted molar refractivity (Wildman–Crippen MR) is 406 cm³/mol. The number of carbonyl (C=O) groups excluding carboxylic acids is 1. The van der Waals surface area contributed by atoms with Gasteiger partial charge in [-0.2, -0.15) is 0 Å². The molecule has 0 aromatic rings. The summed E-state index contributed by atoms with van der Waals surface area (Å²) in [6.45, 7) is 2.96. The van der Waals surface area contributed by atoms with Crippen molar-refractivity contribution in [2.45, 2.75) is 511 Å². The second-order valence-electron chi connectivity index (χ2n) is 31.0. The monoisotopic (exact) mass is 1400 g/mol. The van der Waals surface area contributed by atoms with Crippen molar-refractivity contribution in [1.82, 2.24) is 5.32 Å². The zero-order chi connectivity index (χ0) is 70.8. The first-order valence-corrected chi connectivity index (χ1v) is 43.3. The molecule has 2 rings (SSSR count). The van der Waals surface area contributed by atoms with Gasteiger partial charge in [0, 0.05) is 6.42 Å². The minimum absolute atomic E-state index is 0.194. The molecule has 98 heavy (non-hydrogen) atoms. The van der Waals surface area contributed by atoms with Crippen LogP contribution in [0.3, 0.4) is 0 Å². The molecule has 14 nitrogen and oxygen atoms in total. The largest absolute Gasteiger partial charge is 0.394 e. The third-order valence-electron chi connectivity index (χ3n) is 21.8. The van der Waals surface area contributed by atoms with Gasteiger partial charge >= 0.3 is 0 Å². The molecule has 12 unspecified atom stereocenters. The third-order valence-corrected chi connectivity index (χ3v) is 21.8. The SMILES string of the molecule is CCCCCCCCCCCCCCCCCCCCCCCCCCCCCCCCCCC(=O)NC(COC1OC(CO)C(OC2OC(CO)C(O)C(O)C2O)C(O)C1O)C(O)CCCCCCCCCCCCCCCCCCCCCCCCCCCCCCCCCC. The molecule has 2 aliphatic heterocycles. The van der Waals surface area contributed by atoms with Crippen molar-refractivity contribution in [3.63, 3.8) is 0 Å². The second-order valence-corrected chi connectivity index (χ2v) is 31.0. The van der Waals surface area contributed by atoms with Gasteiger partial charge in [0.05, 0.1) is 32.0 Å². The van der Waals surface area contributed by atoms with Crippen molar-refractivity contribution in [1.29, 1.82) is 0 Å². The number of carbonyl (C=O) groups is 1. The molecular formula is C84H165NO13. The molecule has 0 spiro atoms. The van der Waals surface area contributed by atoms with E-state index in [0.717, 1.165) is 51.4 Å². The van der Waals surface area contributed by atoms with E-state index in [1.54, 1.807) is 0 Å². The maximum absolute atomic E-state index is 13.4. The van der Waals surface area contributed by atoms with E-state index in [-0.39, 0.29) is 12.5 Å². The molecule has 12 atom stereocenters. The number of ether oxygens (including phenoxy) is 4. The molecule has 9 N–H and O–H groups in total. The molecule has 2 fully saturated rings. The number of amides is 1. The van der Waals surface area contributed by atoms with Crippen molar-refractivity contribution < 1.29 is 64.6 Å². The summed E-state index contributed by atoms with van der Waals surface area (Å²) in [5.74, 6) is -0.194. The summed E-state index contributed by atoms with van der Waals surface area (Å²) in [6, 6.07) is -0.826. The van der Waals surface area contributed by atoms with Crippen LogP contribution in [0.15, 0.2) is 0 Å². The summed E-state index contributed by atoms with van der Waals surface area (Å²) in [4.78, 5) is 13.4. The van der Waals surface area contributed by atoms with E-state index in [1.807, 2.05) is 0 Å². The molecule has 2 aliphatic rings. The van der Waals surface area contributed by atoms with E-state index < -0.39 is 86.8 Å². The molecule has 14 heteroatoms. The zero-order valence-corrected chi connectivity index (χ0v) is 64.3. The van der Waals surface area contributed by atoms with Crippen LogP contribution in [0.25, 0.3) is 0 Å². The van der Waals surface area contributed by atoms with Crippen LogP contribution in [0.5, 0.6) is 0 Å². The van der Waals surface area contributed by atoms with Crippen LogP contribution < -0.4 is 5.32 Å². The van der Waals surface area contributed by atoms with Crippen molar-refractivity contribution in [2.24, 2.45) is 0 Å². The Hall–Kier alpha value is -1.01. The van der Waals surface area contributed by atoms with E-state index in [4.69, 9.17) is 18.9 Å². The quantitative estimate of drug-likeness (QED) is 0.0259. The van der Waals surface area contributed by atoms with Gasteiger partial charge in [-0.3, -0.25) is 4.79 Å². The Morgan fingerprint density at radius 3 is 0.867 bits per heavy atom. The molecule has 0 aliphatic carbocycles. The molecule has 2 heterocycles. The average Bonchev–Trinajstić information content (AvgIpc) is 0.793. The Morgan fingerprint density at radius 1 is 0.327 bits per heavy atom. The Kier molecular flexibility index (Phi) is 65.6. The number of unbranched alkanes of at least 4 members (excludes halogenated alkanes) is 62. The van der Waals surface area contributed by atoms with Crippen molar-refractivity contribution in [2.75, 3.05) is 19.8 Å². The summed E-state index contributed by atoms with van der Waals surface area (Å²) in [5.41, 5.74) is 0. The predicted octanol–water partition coefficient (Wildman–Crippen LogP) is 20.3. The van der Waals surface area contributed by atoms with E-state index >= 15 is 0 Å². The van der Waals surface area contributed by atoms with E-state index in [9.17, 15) is 45.6 Å². The van der Waals surface area contributed by atoms with Crippen LogP contribution in [0.4, 0.5) is 0 Å². The lowest BCUT2D eigenvalue weighted by molar-refractivity contribution is -0.359. The van der Waals surface area contributed by atoms with Crippen molar-refractivity contribution >= 4 is 5.91 Å². The number of hydrogen-bond donors (Lipinski definition) is 9. The normalized spacial score (nSPS) is 21.9. The summed E-state index contributed by atoms with van der Waals surface area (Å²) < 4.78 is 23.0. The van der Waals surface area contributed by atoms with Gasteiger partial charge in [0.15, 0.2) is 12.6 Å². The van der Waals surface area contributed by atoms with E-state index in [2.05, 4.69) is 19.2 Å². The molecule has 0 aromatic heterocycles. The van der Waals surface area contributed by atoms with Gasteiger partial charge in [-0.1, -0.05) is 418 Å². The number of rotatable bonds is 75. The van der Waals surface area contributed by atoms with Gasteiger partial charge in [-0.15, -0.1) is 0 Å². The Morgan fingerprint density at radius 2 is 0.582 bits per heavy atom. The van der Waals surface area contributed by atoms with Gasteiger partial charge in [0.2, 0.25) is 5.91 Å². The number of aliphatic hydroxyl groups is 8. The summed E-state index contributed by atoms with van der Waals surface area (Å²) >= 11 is 0. The fourth-order valence-corrected chi connectivity index (χ4v) is 15.0. The van der Waals surface area contributed by atoms with Gasteiger partial charge < -0.3 is 65.1 Å². The first-order chi connectivity index (χ1) is 48.1. The molecule has 1 amide bonds. The highest BCUT2D eigenvalue weighted by Crippen LogP contribution is 2.31. The zero-order valence-electron chi connectivity index (χ0n) is 64.3. The van der Waals surface area contributed by atoms with Crippen LogP contribution in [0.2, 0.25) is 0 Å². The number of hydrogen-bond acceptors (Lipinski definition) is 13. The van der Waals surface area contributed by atoms with Gasteiger partial charge in [-0.05, 0) is 12.8 Å². The minimum Gasteiger partial charge on any atom is -0.394 e. The van der Waals surface area contributed by atoms with Crippen LogP contribution in [0.1, 0.15) is 438 Å². The highest BCUT2D eigenvalue weighted by molar-refractivity contribution is 5.76. The average molecular weight is 1400 g/mol. The van der Waals surface area contributed by atoms with Crippen LogP contribution >= 0.6 is 0 Å². The number of nitrogens with one attached hydrogen (secondary N) is 1. The Labute approximate surface area is 604 Å². The van der Waals surface area contributed by atoms with Crippen LogP contribution in [0, 0.1) is 0 Å². The van der Waals surface area contributed by atoms with E-state index in [1.165, 1.54) is 360 Å². The molecule has 0 bridgehead atoms.